The summed E-state index contributed by atoms with van der Waals surface area (Å²) in [5.74, 6) is -5.03. The zero-order chi connectivity index (χ0) is 16.7. The van der Waals surface area contributed by atoms with Crippen molar-refractivity contribution >= 4 is 5.91 Å². The molecule has 0 N–H and O–H groups in total. The SMILES string of the molecule is CC(C)n1cnc2c1CN(C(=O)c1ccc(F)c(F)c1F)CC2. The van der Waals surface area contributed by atoms with E-state index in [1.807, 2.05) is 18.4 Å². The van der Waals surface area contributed by atoms with E-state index in [2.05, 4.69) is 4.98 Å². The second kappa shape index (κ2) is 5.72. The molecule has 4 nitrogen and oxygen atoms in total. The summed E-state index contributed by atoms with van der Waals surface area (Å²) in [5, 5.41) is 0. The molecule has 1 aliphatic heterocycles. The normalized spacial score (nSPS) is 14.3. The molecule has 0 radical (unpaired) electrons. The van der Waals surface area contributed by atoms with E-state index in [9.17, 15) is 18.0 Å². The van der Waals surface area contributed by atoms with Crippen LogP contribution in [0, 0.1) is 17.5 Å². The Morgan fingerprint density at radius 3 is 2.65 bits per heavy atom. The maximum atomic E-state index is 13.8. The van der Waals surface area contributed by atoms with Gasteiger partial charge in [-0.2, -0.15) is 0 Å². The maximum absolute atomic E-state index is 13.8. The van der Waals surface area contributed by atoms with Gasteiger partial charge in [0.15, 0.2) is 17.5 Å². The van der Waals surface area contributed by atoms with Gasteiger partial charge in [-0.1, -0.05) is 0 Å². The molecule has 1 aliphatic rings. The number of fused-ring (bicyclic) bond motifs is 1. The predicted octanol–water partition coefficient (Wildman–Crippen LogP) is 3.08. The first-order valence-electron chi connectivity index (χ1n) is 7.37. The lowest BCUT2D eigenvalue weighted by Crippen LogP contribution is -2.37. The zero-order valence-corrected chi connectivity index (χ0v) is 12.8. The van der Waals surface area contributed by atoms with Crippen molar-refractivity contribution in [3.05, 3.63) is 52.9 Å². The fourth-order valence-corrected chi connectivity index (χ4v) is 2.79. The highest BCUT2D eigenvalue weighted by Gasteiger charge is 2.28. The van der Waals surface area contributed by atoms with Gasteiger partial charge in [-0.05, 0) is 26.0 Å². The van der Waals surface area contributed by atoms with Gasteiger partial charge in [0.1, 0.15) is 0 Å². The van der Waals surface area contributed by atoms with E-state index >= 15 is 0 Å². The van der Waals surface area contributed by atoms with E-state index < -0.39 is 28.9 Å². The Morgan fingerprint density at radius 2 is 1.96 bits per heavy atom. The Hall–Kier alpha value is -2.31. The fourth-order valence-electron chi connectivity index (χ4n) is 2.79. The summed E-state index contributed by atoms with van der Waals surface area (Å²) in [6, 6.07) is 1.92. The number of hydrogen-bond donors (Lipinski definition) is 0. The number of amides is 1. The van der Waals surface area contributed by atoms with Crippen LogP contribution in [0.1, 0.15) is 41.6 Å². The molecule has 1 amide bonds. The minimum absolute atomic E-state index is 0.182. The number of hydrogen-bond acceptors (Lipinski definition) is 2. The number of nitrogens with zero attached hydrogens (tertiary/aromatic N) is 3. The summed E-state index contributed by atoms with van der Waals surface area (Å²) in [4.78, 5) is 18.2. The fraction of sp³-hybridized carbons (Fsp3) is 0.375. The van der Waals surface area contributed by atoms with Gasteiger partial charge in [0.25, 0.3) is 5.91 Å². The lowest BCUT2D eigenvalue weighted by Gasteiger charge is -2.28. The van der Waals surface area contributed by atoms with Crippen LogP contribution in [0.3, 0.4) is 0 Å². The average Bonchev–Trinajstić information content (AvgIpc) is 2.95. The van der Waals surface area contributed by atoms with Gasteiger partial charge in [-0.15, -0.1) is 0 Å². The highest BCUT2D eigenvalue weighted by Crippen LogP contribution is 2.24. The van der Waals surface area contributed by atoms with Crippen LogP contribution in [0.15, 0.2) is 18.5 Å². The Bertz CT molecular complexity index is 770. The smallest absolute Gasteiger partial charge is 0.257 e. The van der Waals surface area contributed by atoms with Crippen LogP contribution < -0.4 is 0 Å². The molecule has 2 aromatic rings. The molecule has 122 valence electrons. The molecular weight excluding hydrogens is 307 g/mol. The minimum Gasteiger partial charge on any atom is -0.332 e. The third-order valence-electron chi connectivity index (χ3n) is 4.05. The number of rotatable bonds is 2. The van der Waals surface area contributed by atoms with E-state index in [-0.39, 0.29) is 12.6 Å². The molecule has 23 heavy (non-hydrogen) atoms. The van der Waals surface area contributed by atoms with Crippen LogP contribution in [0.25, 0.3) is 0 Å². The van der Waals surface area contributed by atoms with Gasteiger partial charge in [-0.3, -0.25) is 4.79 Å². The van der Waals surface area contributed by atoms with Gasteiger partial charge in [0, 0.05) is 19.0 Å². The summed E-state index contributed by atoms with van der Waals surface area (Å²) in [6.45, 7) is 4.62. The van der Waals surface area contributed by atoms with Crippen LogP contribution in [0.5, 0.6) is 0 Å². The molecule has 1 aromatic carbocycles. The largest absolute Gasteiger partial charge is 0.332 e. The van der Waals surface area contributed by atoms with Crippen LogP contribution in [-0.2, 0) is 13.0 Å². The van der Waals surface area contributed by atoms with Gasteiger partial charge in [0.05, 0.1) is 29.8 Å². The summed E-state index contributed by atoms with van der Waals surface area (Å²) in [7, 11) is 0. The monoisotopic (exact) mass is 323 g/mol. The molecular formula is C16H16F3N3O. The van der Waals surface area contributed by atoms with Crippen molar-refractivity contribution < 1.29 is 18.0 Å². The van der Waals surface area contributed by atoms with Crippen molar-refractivity contribution in [2.24, 2.45) is 0 Å². The summed E-state index contributed by atoms with van der Waals surface area (Å²) < 4.78 is 42.1. The Balaban J connectivity index is 1.90. The van der Waals surface area contributed by atoms with Crippen molar-refractivity contribution in [3.8, 4) is 0 Å². The van der Waals surface area contributed by atoms with Crippen LogP contribution in [-0.4, -0.2) is 26.9 Å². The van der Waals surface area contributed by atoms with Crippen molar-refractivity contribution in [1.82, 2.24) is 14.5 Å². The molecule has 0 saturated heterocycles. The number of halogens is 3. The van der Waals surface area contributed by atoms with E-state index in [1.54, 1.807) is 6.33 Å². The van der Waals surface area contributed by atoms with Gasteiger partial charge >= 0.3 is 0 Å². The molecule has 0 spiro atoms. The number of carbonyl (C=O) groups excluding carboxylic acids is 1. The van der Waals surface area contributed by atoms with Gasteiger partial charge in [0.2, 0.25) is 0 Å². The average molecular weight is 323 g/mol. The Kier molecular flexibility index (Phi) is 3.87. The number of benzene rings is 1. The van der Waals surface area contributed by atoms with E-state index in [0.29, 0.717) is 13.0 Å². The highest BCUT2D eigenvalue weighted by molar-refractivity contribution is 5.94. The molecule has 0 bridgehead atoms. The minimum atomic E-state index is -1.62. The van der Waals surface area contributed by atoms with Crippen molar-refractivity contribution in [1.29, 1.82) is 0 Å². The van der Waals surface area contributed by atoms with E-state index in [1.165, 1.54) is 4.90 Å². The molecule has 1 aromatic heterocycles. The third kappa shape index (κ3) is 2.60. The third-order valence-corrected chi connectivity index (χ3v) is 4.05. The molecule has 2 heterocycles. The molecule has 7 heteroatoms. The first kappa shape index (κ1) is 15.6. The molecule has 0 aliphatic carbocycles. The van der Waals surface area contributed by atoms with Crippen molar-refractivity contribution in [2.45, 2.75) is 32.9 Å². The summed E-state index contributed by atoms with van der Waals surface area (Å²) in [6.07, 6.45) is 2.27. The van der Waals surface area contributed by atoms with Crippen molar-refractivity contribution in [2.75, 3.05) is 6.54 Å². The molecule has 0 atom stereocenters. The highest BCUT2D eigenvalue weighted by atomic mass is 19.2. The standard InChI is InChI=1S/C16H16F3N3O/c1-9(2)22-8-20-12-5-6-21(7-13(12)22)16(23)10-3-4-11(17)15(19)14(10)18/h3-4,8-9H,5-7H2,1-2H3. The zero-order valence-electron chi connectivity index (χ0n) is 12.8. The summed E-state index contributed by atoms with van der Waals surface area (Å²) >= 11 is 0. The molecule has 0 unspecified atom stereocenters. The number of aromatic nitrogens is 2. The first-order chi connectivity index (χ1) is 10.9. The van der Waals surface area contributed by atoms with E-state index in [0.717, 1.165) is 23.5 Å². The quantitative estimate of drug-likeness (QED) is 0.797. The molecule has 0 saturated carbocycles. The van der Waals surface area contributed by atoms with Crippen LogP contribution in [0.4, 0.5) is 13.2 Å². The Labute approximate surface area is 131 Å². The maximum Gasteiger partial charge on any atom is 0.257 e. The van der Waals surface area contributed by atoms with E-state index in [4.69, 9.17) is 0 Å². The predicted molar refractivity (Wildman–Crippen MR) is 77.4 cm³/mol. The molecule has 3 rings (SSSR count). The second-order valence-corrected chi connectivity index (χ2v) is 5.84. The Morgan fingerprint density at radius 1 is 1.22 bits per heavy atom. The second-order valence-electron chi connectivity index (χ2n) is 5.84. The summed E-state index contributed by atoms with van der Waals surface area (Å²) in [5.41, 5.74) is 1.35. The lowest BCUT2D eigenvalue weighted by atomic mass is 10.1. The molecule has 0 fully saturated rings. The first-order valence-corrected chi connectivity index (χ1v) is 7.37. The van der Waals surface area contributed by atoms with Gasteiger partial charge in [-0.25, -0.2) is 18.2 Å². The van der Waals surface area contributed by atoms with Crippen LogP contribution in [0.2, 0.25) is 0 Å². The number of carbonyl (C=O) groups is 1. The number of imidazole rings is 1. The van der Waals surface area contributed by atoms with Crippen molar-refractivity contribution in [3.63, 3.8) is 0 Å². The van der Waals surface area contributed by atoms with Crippen LogP contribution >= 0.6 is 0 Å². The topological polar surface area (TPSA) is 38.1 Å². The lowest BCUT2D eigenvalue weighted by molar-refractivity contribution is 0.0722. The van der Waals surface area contributed by atoms with Gasteiger partial charge < -0.3 is 9.47 Å².